The van der Waals surface area contributed by atoms with Gasteiger partial charge in [-0.05, 0) is 94.8 Å². The Balaban J connectivity index is 1.37. The summed E-state index contributed by atoms with van der Waals surface area (Å²) in [4.78, 5) is 115. The van der Waals surface area contributed by atoms with Crippen molar-refractivity contribution in [2.24, 2.45) is 10.8 Å². The Bertz CT molecular complexity index is 2310. The van der Waals surface area contributed by atoms with Gasteiger partial charge in [-0.1, -0.05) is 102 Å². The lowest BCUT2D eigenvalue weighted by atomic mass is 9.85. The van der Waals surface area contributed by atoms with Crippen molar-refractivity contribution in [2.45, 2.75) is 142 Å². The molecule has 5 rings (SSSR count). The Labute approximate surface area is 429 Å². The zero-order chi connectivity index (χ0) is 54.1. The molecule has 0 unspecified atom stereocenters. The van der Waals surface area contributed by atoms with E-state index in [0.29, 0.717) is 0 Å². The third kappa shape index (κ3) is 14.7. The highest BCUT2D eigenvalue weighted by atomic mass is 16.2. The minimum atomic E-state index is -1.03. The van der Waals surface area contributed by atoms with Crippen molar-refractivity contribution in [2.75, 3.05) is 32.9 Å². The van der Waals surface area contributed by atoms with Crippen LogP contribution in [0.15, 0.2) is 78.9 Å². The van der Waals surface area contributed by atoms with Crippen molar-refractivity contribution in [3.05, 3.63) is 101 Å². The fourth-order valence-electron chi connectivity index (χ4n) is 9.01. The molecule has 0 spiro atoms. The Kier molecular flexibility index (Phi) is 18.9. The van der Waals surface area contributed by atoms with Crippen LogP contribution in [0.5, 0.6) is 0 Å². The van der Waals surface area contributed by atoms with Gasteiger partial charge in [0.2, 0.25) is 35.4 Å². The molecule has 0 radical (unpaired) electrons. The van der Waals surface area contributed by atoms with Gasteiger partial charge in [-0.2, -0.15) is 0 Å². The lowest BCUT2D eigenvalue weighted by Crippen LogP contribution is -2.59. The summed E-state index contributed by atoms with van der Waals surface area (Å²) >= 11 is 0. The van der Waals surface area contributed by atoms with Crippen molar-refractivity contribution in [3.63, 3.8) is 0 Å². The largest absolute Gasteiger partial charge is 0.399 e. The number of likely N-dealkylation sites (tertiary alicyclic amines) is 2. The number of amides is 8. The average Bonchev–Trinajstić information content (AvgIpc) is 3.98. The summed E-state index contributed by atoms with van der Waals surface area (Å²) < 4.78 is 0. The molecule has 0 saturated carbocycles. The van der Waals surface area contributed by atoms with E-state index in [-0.39, 0.29) is 42.7 Å². The van der Waals surface area contributed by atoms with Crippen molar-refractivity contribution in [1.82, 2.24) is 52.3 Å². The fraction of sp³-hybridized carbons (Fsp3) is 0.519. The number of carbonyl (C=O) groups excluding carboxylic acids is 8. The first-order chi connectivity index (χ1) is 34.2. The Morgan fingerprint density at radius 2 is 0.877 bits per heavy atom. The van der Waals surface area contributed by atoms with Gasteiger partial charge < -0.3 is 58.1 Å². The van der Waals surface area contributed by atoms with Crippen LogP contribution >= 0.6 is 0 Å². The van der Waals surface area contributed by atoms with Gasteiger partial charge >= 0.3 is 0 Å². The normalized spacial score (nSPS) is 20.3. The smallest absolute Gasteiger partial charge is 0.251 e. The summed E-state index contributed by atoms with van der Waals surface area (Å²) in [7, 11) is 3.27. The van der Waals surface area contributed by atoms with Gasteiger partial charge in [-0.3, -0.25) is 38.4 Å². The molecule has 10 N–H and O–H groups in total. The molecule has 0 aliphatic carbocycles. The zero-order valence-electron chi connectivity index (χ0n) is 44.3. The number of benzene rings is 3. The first-order valence-corrected chi connectivity index (χ1v) is 25.0. The molecule has 0 aromatic heterocycles. The predicted molar refractivity (Wildman–Crippen MR) is 279 cm³/mol. The maximum atomic E-state index is 14.6. The third-order valence-corrected chi connectivity index (χ3v) is 13.7. The summed E-state index contributed by atoms with van der Waals surface area (Å²) in [5, 5.41) is 23.5. The van der Waals surface area contributed by atoms with Gasteiger partial charge in [0, 0.05) is 42.0 Å². The molecule has 10 atom stereocenters. The van der Waals surface area contributed by atoms with Crippen LogP contribution in [0, 0.1) is 10.8 Å². The van der Waals surface area contributed by atoms with E-state index in [1.807, 2.05) is 116 Å². The maximum absolute atomic E-state index is 14.6. The Morgan fingerprint density at radius 3 is 1.19 bits per heavy atom. The molecule has 2 fully saturated rings. The van der Waals surface area contributed by atoms with Gasteiger partial charge in [0.25, 0.3) is 11.8 Å². The minimum Gasteiger partial charge on any atom is -0.399 e. The Hall–Kier alpha value is -6.86. The summed E-state index contributed by atoms with van der Waals surface area (Å²) in [5.41, 5.74) is 6.66. The standard InChI is InChI=1S/C54H77N11O8/c1-30(34-19-15-13-16-20-34)58-49(70)41-26-39(28-64(41)51(72)43(53(5,6)7)62-45(66)32(3)56-11)60-47(68)36-23-37(25-38(55)24-36)48(69)61-40-27-42(50(71)59-31(2)35-21-17-14-18-22-35)65(29-40)52(73)44(54(8,9)10)63-46(67)33(4)57-12/h13-25,30-33,39-44,56-57H,26-29,55H2,1-12H3,(H,58,70)(H,59,71)(H,60,68)(H,61,69)(H,62,66)(H,63,67)/t30-,31-,32+,33+,39+,40+,41+,42+,43-,44-/m1/s1. The number of likely N-dealkylation sites (N-methyl/N-ethyl adjacent to an activating group) is 2. The summed E-state index contributed by atoms with van der Waals surface area (Å²) in [5.74, 6) is -3.89. The molecule has 2 saturated heterocycles. The average molecular weight is 1010 g/mol. The van der Waals surface area contributed by atoms with Crippen LogP contribution < -0.4 is 48.3 Å². The lowest BCUT2D eigenvalue weighted by Gasteiger charge is -2.36. The number of hydrogen-bond acceptors (Lipinski definition) is 11. The molecular weight excluding hydrogens is 931 g/mol. The van der Waals surface area contributed by atoms with Crippen molar-refractivity contribution in [1.29, 1.82) is 0 Å². The molecule has 396 valence electrons. The van der Waals surface area contributed by atoms with Gasteiger partial charge in [-0.25, -0.2) is 0 Å². The van der Waals surface area contributed by atoms with Crippen molar-refractivity contribution >= 4 is 52.9 Å². The number of nitrogen functional groups attached to an aromatic ring is 1. The molecule has 19 heteroatoms. The van der Waals surface area contributed by atoms with E-state index in [2.05, 4.69) is 42.5 Å². The molecule has 3 aromatic rings. The zero-order valence-corrected chi connectivity index (χ0v) is 44.3. The van der Waals surface area contributed by atoms with Gasteiger partial charge in [-0.15, -0.1) is 0 Å². The van der Waals surface area contributed by atoms with Crippen LogP contribution in [0.25, 0.3) is 0 Å². The highest BCUT2D eigenvalue weighted by Gasteiger charge is 2.47. The summed E-state index contributed by atoms with van der Waals surface area (Å²) in [6.45, 7) is 17.8. The van der Waals surface area contributed by atoms with Gasteiger partial charge in [0.05, 0.1) is 24.2 Å². The topological polar surface area (TPSA) is 265 Å². The number of nitrogens with one attached hydrogen (secondary N) is 8. The number of rotatable bonds is 18. The van der Waals surface area contributed by atoms with Crippen LogP contribution in [-0.4, -0.2) is 133 Å². The molecule has 2 heterocycles. The highest BCUT2D eigenvalue weighted by molar-refractivity contribution is 6.02. The molecule has 8 amide bonds. The fourth-order valence-corrected chi connectivity index (χ4v) is 9.01. The molecule has 2 aliphatic heterocycles. The SMILES string of the molecule is CN[C@@H](C)C(=O)N[C@H](C(=O)N1C[C@@H](NC(=O)c2cc(N)cc(C(=O)N[C@H]3C[C@@H](C(=O)N[C@H](C)c4ccccc4)N(C(=O)[C@@H](NC(=O)[C@H](C)NC)C(C)(C)C)C3)c2)C[C@H]1C(=O)N[C@H](C)c1ccccc1)C(C)(C)C. The molecule has 19 nitrogen and oxygen atoms in total. The van der Waals surface area contributed by atoms with E-state index in [1.54, 1.807) is 27.9 Å². The number of anilines is 1. The van der Waals surface area contributed by atoms with E-state index in [9.17, 15) is 38.4 Å². The van der Waals surface area contributed by atoms with Crippen LogP contribution in [-0.2, 0) is 28.8 Å². The van der Waals surface area contributed by atoms with E-state index in [0.717, 1.165) is 11.1 Å². The summed E-state index contributed by atoms with van der Waals surface area (Å²) in [6.07, 6.45) is 0.0878. The summed E-state index contributed by atoms with van der Waals surface area (Å²) in [6, 6.07) is 15.3. The van der Waals surface area contributed by atoms with E-state index < -0.39 is 119 Å². The van der Waals surface area contributed by atoms with E-state index in [4.69, 9.17) is 5.73 Å². The Morgan fingerprint density at radius 1 is 0.534 bits per heavy atom. The number of carbonyl (C=O) groups is 8. The van der Waals surface area contributed by atoms with E-state index >= 15 is 0 Å². The second-order valence-corrected chi connectivity index (χ2v) is 21.6. The molecular formula is C54H77N11O8. The van der Waals surface area contributed by atoms with Crippen molar-refractivity contribution in [3.8, 4) is 0 Å². The predicted octanol–water partition coefficient (Wildman–Crippen LogP) is 2.70. The quantitative estimate of drug-likeness (QED) is 0.0837. The molecule has 0 bridgehead atoms. The lowest BCUT2D eigenvalue weighted by molar-refractivity contribution is -0.144. The van der Waals surface area contributed by atoms with Crippen LogP contribution in [0.1, 0.15) is 126 Å². The number of nitrogens with two attached hydrogens (primary N) is 1. The molecule has 3 aromatic carbocycles. The van der Waals surface area contributed by atoms with Crippen molar-refractivity contribution < 1.29 is 38.4 Å². The first kappa shape index (κ1) is 57.0. The van der Waals surface area contributed by atoms with Crippen LogP contribution in [0.3, 0.4) is 0 Å². The first-order valence-electron chi connectivity index (χ1n) is 25.0. The van der Waals surface area contributed by atoms with Gasteiger partial charge in [0.1, 0.15) is 24.2 Å². The second kappa shape index (κ2) is 24.2. The van der Waals surface area contributed by atoms with Crippen LogP contribution in [0.2, 0.25) is 0 Å². The second-order valence-electron chi connectivity index (χ2n) is 21.6. The van der Waals surface area contributed by atoms with E-state index in [1.165, 1.54) is 28.0 Å². The third-order valence-electron chi connectivity index (χ3n) is 13.7. The number of hydrogen-bond donors (Lipinski definition) is 9. The van der Waals surface area contributed by atoms with Crippen LogP contribution in [0.4, 0.5) is 5.69 Å². The highest BCUT2D eigenvalue weighted by Crippen LogP contribution is 2.30. The number of nitrogens with zero attached hydrogens (tertiary/aromatic N) is 2. The minimum absolute atomic E-state index is 0.0319. The monoisotopic (exact) mass is 1010 g/mol. The molecule has 2 aliphatic rings. The molecule has 73 heavy (non-hydrogen) atoms. The maximum Gasteiger partial charge on any atom is 0.251 e. The van der Waals surface area contributed by atoms with Gasteiger partial charge in [0.15, 0.2) is 0 Å².